The van der Waals surface area contributed by atoms with E-state index < -0.39 is 0 Å². The van der Waals surface area contributed by atoms with Crippen LogP contribution in [-0.2, 0) is 4.74 Å². The molecule has 0 N–H and O–H groups in total. The molecule has 5 heteroatoms. The number of ether oxygens (including phenoxy) is 2. The van der Waals surface area contributed by atoms with E-state index in [1.54, 1.807) is 0 Å². The average molecular weight is 267 g/mol. The van der Waals surface area contributed by atoms with Gasteiger partial charge in [0.05, 0.1) is 19.8 Å². The molecular formula is C13H17NO3S. The SMILES string of the molecule is O=C(SCCOc1ccccc1)N1CCOCC1. The second-order valence-corrected chi connectivity index (χ2v) is 4.92. The molecule has 0 radical (unpaired) electrons. The molecule has 98 valence electrons. The van der Waals surface area contributed by atoms with Gasteiger partial charge < -0.3 is 14.4 Å². The van der Waals surface area contributed by atoms with Crippen molar-refractivity contribution < 1.29 is 14.3 Å². The Labute approximate surface area is 111 Å². The molecule has 0 aromatic heterocycles. The van der Waals surface area contributed by atoms with Gasteiger partial charge in [0.15, 0.2) is 0 Å². The third-order valence-corrected chi connectivity index (χ3v) is 3.47. The van der Waals surface area contributed by atoms with Gasteiger partial charge in [-0.2, -0.15) is 0 Å². The van der Waals surface area contributed by atoms with Crippen LogP contribution in [0.15, 0.2) is 30.3 Å². The molecule has 0 atom stereocenters. The molecule has 2 rings (SSSR count). The van der Waals surface area contributed by atoms with Crippen molar-refractivity contribution in [1.82, 2.24) is 4.90 Å². The Bertz CT molecular complexity index is 366. The van der Waals surface area contributed by atoms with Crippen molar-refractivity contribution >= 4 is 17.0 Å². The summed E-state index contributed by atoms with van der Waals surface area (Å²) in [7, 11) is 0. The Morgan fingerprint density at radius 3 is 2.72 bits per heavy atom. The molecule has 0 aliphatic carbocycles. The van der Waals surface area contributed by atoms with E-state index in [1.807, 2.05) is 35.2 Å². The topological polar surface area (TPSA) is 38.8 Å². The maximum Gasteiger partial charge on any atom is 0.281 e. The van der Waals surface area contributed by atoms with Gasteiger partial charge >= 0.3 is 0 Å². The van der Waals surface area contributed by atoms with Gasteiger partial charge in [-0.1, -0.05) is 30.0 Å². The van der Waals surface area contributed by atoms with E-state index in [1.165, 1.54) is 11.8 Å². The lowest BCUT2D eigenvalue weighted by Crippen LogP contribution is -2.38. The van der Waals surface area contributed by atoms with Crippen molar-refractivity contribution in [1.29, 1.82) is 0 Å². The van der Waals surface area contributed by atoms with Crippen LogP contribution in [0, 0.1) is 0 Å². The molecule has 1 aliphatic rings. The molecule has 18 heavy (non-hydrogen) atoms. The van der Waals surface area contributed by atoms with Crippen molar-refractivity contribution in [2.75, 3.05) is 38.7 Å². The zero-order valence-corrected chi connectivity index (χ0v) is 11.0. The first-order valence-electron chi connectivity index (χ1n) is 6.03. The molecule has 1 saturated heterocycles. The van der Waals surface area contributed by atoms with E-state index in [9.17, 15) is 4.79 Å². The van der Waals surface area contributed by atoms with Crippen LogP contribution in [0.3, 0.4) is 0 Å². The first kappa shape index (κ1) is 13.2. The standard InChI is InChI=1S/C13H17NO3S/c15-13(14-6-8-16-9-7-14)18-11-10-17-12-4-2-1-3-5-12/h1-5H,6-11H2. The lowest BCUT2D eigenvalue weighted by molar-refractivity contribution is 0.0593. The molecular weight excluding hydrogens is 250 g/mol. The van der Waals surface area contributed by atoms with Gasteiger partial charge in [-0.15, -0.1) is 0 Å². The smallest absolute Gasteiger partial charge is 0.281 e. The quantitative estimate of drug-likeness (QED) is 0.784. The van der Waals surface area contributed by atoms with Gasteiger partial charge in [-0.25, -0.2) is 0 Å². The van der Waals surface area contributed by atoms with Gasteiger partial charge in [0.2, 0.25) is 0 Å². The third kappa shape index (κ3) is 4.23. The van der Waals surface area contributed by atoms with Crippen molar-refractivity contribution in [2.24, 2.45) is 0 Å². The number of nitrogens with zero attached hydrogens (tertiary/aromatic N) is 1. The van der Waals surface area contributed by atoms with Crippen molar-refractivity contribution in [3.8, 4) is 5.75 Å². The number of amides is 1. The normalized spacial score (nSPS) is 15.4. The van der Waals surface area contributed by atoms with Crippen LogP contribution in [0.25, 0.3) is 0 Å². The Kier molecular flexibility index (Phi) is 5.36. The highest BCUT2D eigenvalue weighted by Gasteiger charge is 2.16. The largest absolute Gasteiger partial charge is 0.493 e. The highest BCUT2D eigenvalue weighted by atomic mass is 32.2. The lowest BCUT2D eigenvalue weighted by Gasteiger charge is -2.26. The van der Waals surface area contributed by atoms with Crippen LogP contribution < -0.4 is 4.74 Å². The van der Waals surface area contributed by atoms with Crippen molar-refractivity contribution in [3.63, 3.8) is 0 Å². The number of carbonyl (C=O) groups is 1. The summed E-state index contributed by atoms with van der Waals surface area (Å²) in [5.41, 5.74) is 0. The Hall–Kier alpha value is -1.20. The van der Waals surface area contributed by atoms with E-state index in [4.69, 9.17) is 9.47 Å². The van der Waals surface area contributed by atoms with E-state index in [0.717, 1.165) is 5.75 Å². The maximum absolute atomic E-state index is 11.8. The molecule has 1 amide bonds. The molecule has 0 spiro atoms. The van der Waals surface area contributed by atoms with Gasteiger partial charge in [-0.3, -0.25) is 4.79 Å². The minimum absolute atomic E-state index is 0.120. The van der Waals surface area contributed by atoms with Gasteiger partial charge in [0.1, 0.15) is 5.75 Å². The predicted molar refractivity (Wildman–Crippen MR) is 72.2 cm³/mol. The van der Waals surface area contributed by atoms with Gasteiger partial charge in [0.25, 0.3) is 5.24 Å². The third-order valence-electron chi connectivity index (χ3n) is 2.59. The Morgan fingerprint density at radius 1 is 1.28 bits per heavy atom. The number of benzene rings is 1. The molecule has 1 heterocycles. The number of carbonyl (C=O) groups excluding carboxylic acids is 1. The zero-order valence-electron chi connectivity index (χ0n) is 10.2. The highest BCUT2D eigenvalue weighted by Crippen LogP contribution is 2.12. The molecule has 0 unspecified atom stereocenters. The molecule has 0 saturated carbocycles. The molecule has 1 aromatic carbocycles. The molecule has 0 bridgehead atoms. The lowest BCUT2D eigenvalue weighted by atomic mass is 10.3. The summed E-state index contributed by atoms with van der Waals surface area (Å²) < 4.78 is 10.7. The maximum atomic E-state index is 11.8. The average Bonchev–Trinajstić information content (AvgIpc) is 2.45. The van der Waals surface area contributed by atoms with Crippen molar-refractivity contribution in [2.45, 2.75) is 0 Å². The highest BCUT2D eigenvalue weighted by molar-refractivity contribution is 8.13. The van der Waals surface area contributed by atoms with Crippen LogP contribution in [-0.4, -0.2) is 48.8 Å². The number of hydrogen-bond acceptors (Lipinski definition) is 4. The summed E-state index contributed by atoms with van der Waals surface area (Å²) in [5.74, 6) is 1.52. The van der Waals surface area contributed by atoms with Gasteiger partial charge in [-0.05, 0) is 12.1 Å². The van der Waals surface area contributed by atoms with E-state index in [0.29, 0.717) is 38.7 Å². The predicted octanol–water partition coefficient (Wildman–Crippen LogP) is 2.25. The number of thioether (sulfide) groups is 1. The number of para-hydroxylation sites is 1. The van der Waals surface area contributed by atoms with Crippen LogP contribution in [0.5, 0.6) is 5.75 Å². The van der Waals surface area contributed by atoms with Gasteiger partial charge in [0, 0.05) is 18.8 Å². The Balaban J connectivity index is 1.61. The summed E-state index contributed by atoms with van der Waals surface area (Å²) in [6.45, 7) is 3.24. The molecule has 1 fully saturated rings. The molecule has 4 nitrogen and oxygen atoms in total. The fourth-order valence-electron chi connectivity index (χ4n) is 1.64. The van der Waals surface area contributed by atoms with Crippen LogP contribution >= 0.6 is 11.8 Å². The minimum Gasteiger partial charge on any atom is -0.493 e. The number of hydrogen-bond donors (Lipinski definition) is 0. The Morgan fingerprint density at radius 2 is 2.00 bits per heavy atom. The minimum atomic E-state index is 0.120. The first-order chi connectivity index (χ1) is 8.86. The molecule has 1 aromatic rings. The first-order valence-corrected chi connectivity index (χ1v) is 7.02. The van der Waals surface area contributed by atoms with Crippen LogP contribution in [0.1, 0.15) is 0 Å². The summed E-state index contributed by atoms with van der Waals surface area (Å²) in [5, 5.41) is 0.120. The number of morpholine rings is 1. The monoisotopic (exact) mass is 267 g/mol. The summed E-state index contributed by atoms with van der Waals surface area (Å²) in [6.07, 6.45) is 0. The fraction of sp³-hybridized carbons (Fsp3) is 0.462. The van der Waals surface area contributed by atoms with Crippen molar-refractivity contribution in [3.05, 3.63) is 30.3 Å². The fourth-order valence-corrected chi connectivity index (χ4v) is 2.35. The summed E-state index contributed by atoms with van der Waals surface area (Å²) in [4.78, 5) is 13.6. The summed E-state index contributed by atoms with van der Waals surface area (Å²) in [6, 6.07) is 9.63. The van der Waals surface area contributed by atoms with E-state index in [2.05, 4.69) is 0 Å². The number of rotatable bonds is 4. The van der Waals surface area contributed by atoms with Crippen LogP contribution in [0.4, 0.5) is 4.79 Å². The van der Waals surface area contributed by atoms with E-state index >= 15 is 0 Å². The zero-order chi connectivity index (χ0) is 12.6. The van der Waals surface area contributed by atoms with Crippen LogP contribution in [0.2, 0.25) is 0 Å². The second-order valence-electron chi connectivity index (χ2n) is 3.88. The summed E-state index contributed by atoms with van der Waals surface area (Å²) >= 11 is 1.31. The second kappa shape index (κ2) is 7.28. The van der Waals surface area contributed by atoms with E-state index in [-0.39, 0.29) is 5.24 Å². The molecule has 1 aliphatic heterocycles.